The summed E-state index contributed by atoms with van der Waals surface area (Å²) in [6.07, 6.45) is 2.93. The van der Waals surface area contributed by atoms with Crippen LogP contribution in [0.1, 0.15) is 52.7 Å². The summed E-state index contributed by atoms with van der Waals surface area (Å²) in [5, 5.41) is 2.21. The zero-order valence-electron chi connectivity index (χ0n) is 23.5. The van der Waals surface area contributed by atoms with Gasteiger partial charge < -0.3 is 9.16 Å². The molecule has 204 valence electrons. The Morgan fingerprint density at radius 1 is 0.949 bits per heavy atom. The standard InChI is InChI=1S/C33H39NO4Si/c1-25(2)29-24-37-32(36)34(29)31(35)23-15-22-30(26-16-9-6-10-17-26)38-39(33(3,4)5,27-18-11-7-12-19-27)28-20-13-8-14-21-28/h6-21,23,25,29-30H,22,24H2,1-5H3/b23-15+/t29-,30-/m1/s1. The van der Waals surface area contributed by atoms with E-state index in [1.165, 1.54) is 21.3 Å². The predicted octanol–water partition coefficient (Wildman–Crippen LogP) is 6.25. The minimum absolute atomic E-state index is 0.115. The molecular formula is C33H39NO4Si. The highest BCUT2D eigenvalue weighted by Gasteiger charge is 2.51. The van der Waals surface area contributed by atoms with Gasteiger partial charge in [0, 0.05) is 0 Å². The summed E-state index contributed by atoms with van der Waals surface area (Å²) in [6.45, 7) is 11.0. The Kier molecular flexibility index (Phi) is 8.88. The highest BCUT2D eigenvalue weighted by atomic mass is 28.4. The molecule has 1 aliphatic heterocycles. The van der Waals surface area contributed by atoms with Crippen molar-refractivity contribution in [3.8, 4) is 0 Å². The van der Waals surface area contributed by atoms with Crippen molar-refractivity contribution >= 4 is 30.7 Å². The minimum atomic E-state index is -2.84. The molecule has 1 fully saturated rings. The molecule has 0 unspecified atom stereocenters. The molecule has 3 aromatic carbocycles. The third kappa shape index (κ3) is 6.07. The van der Waals surface area contributed by atoms with Crippen molar-refractivity contribution in [2.75, 3.05) is 6.61 Å². The summed E-state index contributed by atoms with van der Waals surface area (Å²) >= 11 is 0. The lowest BCUT2D eigenvalue weighted by atomic mass is 10.0. The smallest absolute Gasteiger partial charge is 0.417 e. The molecule has 5 nitrogen and oxygen atoms in total. The van der Waals surface area contributed by atoms with Crippen molar-refractivity contribution in [1.29, 1.82) is 0 Å². The summed E-state index contributed by atoms with van der Waals surface area (Å²) in [7, 11) is -2.84. The van der Waals surface area contributed by atoms with E-state index in [4.69, 9.17) is 9.16 Å². The molecule has 0 bridgehead atoms. The quantitative estimate of drug-likeness (QED) is 0.237. The van der Waals surface area contributed by atoms with Gasteiger partial charge in [-0.15, -0.1) is 0 Å². The summed E-state index contributed by atoms with van der Waals surface area (Å²) < 4.78 is 12.6. The normalized spacial score (nSPS) is 17.0. The van der Waals surface area contributed by atoms with Crippen LogP contribution in [0.25, 0.3) is 0 Å². The molecule has 0 aromatic heterocycles. The predicted molar refractivity (Wildman–Crippen MR) is 158 cm³/mol. The lowest BCUT2D eigenvalue weighted by molar-refractivity contribution is -0.124. The molecule has 1 heterocycles. The summed E-state index contributed by atoms with van der Waals surface area (Å²) in [6, 6.07) is 31.0. The topological polar surface area (TPSA) is 55.8 Å². The van der Waals surface area contributed by atoms with Crippen molar-refractivity contribution in [2.24, 2.45) is 5.92 Å². The van der Waals surface area contributed by atoms with E-state index in [1.807, 2.05) is 50.3 Å². The fourth-order valence-corrected chi connectivity index (χ4v) is 10.1. The maximum Gasteiger partial charge on any atom is 0.417 e. The van der Waals surface area contributed by atoms with Gasteiger partial charge in [-0.2, -0.15) is 0 Å². The van der Waals surface area contributed by atoms with Crippen LogP contribution in [-0.2, 0) is 14.0 Å². The number of cyclic esters (lactones) is 1. The molecule has 0 N–H and O–H groups in total. The van der Waals surface area contributed by atoms with Crippen molar-refractivity contribution in [3.05, 3.63) is 109 Å². The number of ether oxygens (including phenoxy) is 1. The monoisotopic (exact) mass is 541 g/mol. The van der Waals surface area contributed by atoms with E-state index >= 15 is 0 Å². The van der Waals surface area contributed by atoms with Gasteiger partial charge in [-0.05, 0) is 39.4 Å². The molecule has 0 aliphatic carbocycles. The average molecular weight is 542 g/mol. The maximum atomic E-state index is 13.1. The van der Waals surface area contributed by atoms with E-state index in [1.54, 1.807) is 0 Å². The fourth-order valence-electron chi connectivity index (χ4n) is 5.38. The molecule has 0 saturated carbocycles. The van der Waals surface area contributed by atoms with Gasteiger partial charge in [0.1, 0.15) is 6.61 Å². The van der Waals surface area contributed by atoms with E-state index in [9.17, 15) is 9.59 Å². The summed E-state index contributed by atoms with van der Waals surface area (Å²) in [5.74, 6) is -0.238. The van der Waals surface area contributed by atoms with Crippen molar-refractivity contribution < 1.29 is 18.8 Å². The van der Waals surface area contributed by atoms with E-state index in [0.29, 0.717) is 6.42 Å². The van der Waals surface area contributed by atoms with Crippen LogP contribution in [0.2, 0.25) is 5.04 Å². The van der Waals surface area contributed by atoms with Crippen LogP contribution in [0, 0.1) is 5.92 Å². The van der Waals surface area contributed by atoms with Crippen molar-refractivity contribution in [1.82, 2.24) is 4.90 Å². The lowest BCUT2D eigenvalue weighted by Gasteiger charge is -2.45. The molecule has 1 saturated heterocycles. The molecule has 39 heavy (non-hydrogen) atoms. The van der Waals surface area contributed by atoms with E-state index in [2.05, 4.69) is 81.4 Å². The highest BCUT2D eigenvalue weighted by molar-refractivity contribution is 6.99. The average Bonchev–Trinajstić information content (AvgIpc) is 3.33. The van der Waals surface area contributed by atoms with Crippen LogP contribution in [0.15, 0.2) is 103 Å². The Bertz CT molecular complexity index is 1230. The zero-order chi connectivity index (χ0) is 28.0. The third-order valence-electron chi connectivity index (χ3n) is 7.43. The molecule has 3 aromatic rings. The van der Waals surface area contributed by atoms with E-state index in [0.717, 1.165) is 5.56 Å². The molecule has 2 atom stereocenters. The summed E-state index contributed by atoms with van der Waals surface area (Å²) in [4.78, 5) is 26.6. The van der Waals surface area contributed by atoms with Gasteiger partial charge in [0.05, 0.1) is 12.1 Å². The zero-order valence-corrected chi connectivity index (χ0v) is 24.5. The first kappa shape index (κ1) is 28.5. The number of hydrogen-bond donors (Lipinski definition) is 0. The number of carbonyl (C=O) groups excluding carboxylic acids is 2. The van der Waals surface area contributed by atoms with E-state index in [-0.39, 0.29) is 35.6 Å². The largest absolute Gasteiger partial charge is 0.447 e. The van der Waals surface area contributed by atoms with Gasteiger partial charge in [-0.1, -0.05) is 132 Å². The number of benzene rings is 3. The number of carbonyl (C=O) groups is 2. The SMILES string of the molecule is CC(C)[C@H]1COC(=O)N1C(=O)/C=C/C[C@@H](O[Si](c1ccccc1)(c1ccccc1)C(C)(C)C)c1ccccc1. The Morgan fingerprint density at radius 3 is 1.95 bits per heavy atom. The van der Waals surface area contributed by atoms with Crippen LogP contribution >= 0.6 is 0 Å². The highest BCUT2D eigenvalue weighted by Crippen LogP contribution is 2.40. The Labute approximate surface area is 233 Å². The van der Waals surface area contributed by atoms with Gasteiger partial charge in [-0.3, -0.25) is 4.79 Å². The van der Waals surface area contributed by atoms with E-state index < -0.39 is 14.4 Å². The second kappa shape index (κ2) is 12.1. The number of amides is 2. The molecule has 4 rings (SSSR count). The number of hydrogen-bond acceptors (Lipinski definition) is 4. The van der Waals surface area contributed by atoms with Crippen LogP contribution in [0.4, 0.5) is 4.79 Å². The summed E-state index contributed by atoms with van der Waals surface area (Å²) in [5.41, 5.74) is 1.04. The number of imide groups is 1. The molecule has 6 heteroatoms. The van der Waals surface area contributed by atoms with Gasteiger partial charge in [0.2, 0.25) is 0 Å². The van der Waals surface area contributed by atoms with Gasteiger partial charge >= 0.3 is 6.09 Å². The van der Waals surface area contributed by atoms with Gasteiger partial charge in [0.15, 0.2) is 0 Å². The molecule has 0 radical (unpaired) electrons. The van der Waals surface area contributed by atoms with Crippen LogP contribution in [0.5, 0.6) is 0 Å². The minimum Gasteiger partial charge on any atom is -0.447 e. The van der Waals surface area contributed by atoms with Crippen LogP contribution in [-0.4, -0.2) is 37.9 Å². The second-order valence-corrected chi connectivity index (χ2v) is 15.7. The Balaban J connectivity index is 1.73. The van der Waals surface area contributed by atoms with Gasteiger partial charge in [0.25, 0.3) is 14.2 Å². The molecule has 1 aliphatic rings. The molecule has 0 spiro atoms. The molecular weight excluding hydrogens is 502 g/mol. The maximum absolute atomic E-state index is 13.1. The number of rotatable bonds is 9. The van der Waals surface area contributed by atoms with Crippen molar-refractivity contribution in [3.63, 3.8) is 0 Å². The van der Waals surface area contributed by atoms with Crippen molar-refractivity contribution in [2.45, 2.75) is 58.2 Å². The third-order valence-corrected chi connectivity index (χ3v) is 12.5. The van der Waals surface area contributed by atoms with Crippen LogP contribution < -0.4 is 10.4 Å². The Morgan fingerprint density at radius 2 is 1.46 bits per heavy atom. The first-order valence-electron chi connectivity index (χ1n) is 13.7. The first-order valence-corrected chi connectivity index (χ1v) is 15.6. The second-order valence-electron chi connectivity index (χ2n) is 11.4. The lowest BCUT2D eigenvalue weighted by Crippen LogP contribution is -2.66. The number of nitrogens with zero attached hydrogens (tertiary/aromatic N) is 1. The van der Waals surface area contributed by atoms with Gasteiger partial charge in [-0.25, -0.2) is 9.69 Å². The molecule has 2 amide bonds. The van der Waals surface area contributed by atoms with Crippen LogP contribution in [0.3, 0.4) is 0 Å². The first-order chi connectivity index (χ1) is 18.6. The Hall–Kier alpha value is -3.48. The fraction of sp³-hybridized carbons (Fsp3) is 0.333.